The molecule has 0 aliphatic rings. The Bertz CT molecular complexity index is 399. The van der Waals surface area contributed by atoms with Crippen LogP contribution >= 0.6 is 0 Å². The Kier molecular flexibility index (Phi) is 6.91. The Labute approximate surface area is 121 Å². The second-order valence-electron chi connectivity index (χ2n) is 4.80. The van der Waals surface area contributed by atoms with Crippen LogP contribution in [0.3, 0.4) is 0 Å². The number of rotatable bonds is 8. The summed E-state index contributed by atoms with van der Waals surface area (Å²) in [5.74, 6) is 1.92. The standard InChI is InChI=1S/C16H25NO3/c1-5-13(6-2)16(18)17(3)11-12-20-15-9-7-14(19-4)8-10-15/h7-10,13H,5-6,11-12H2,1-4H3. The number of carbonyl (C=O) groups excluding carboxylic acids is 1. The van der Waals surface area contributed by atoms with Gasteiger partial charge in [0.2, 0.25) is 5.91 Å². The molecule has 0 aliphatic carbocycles. The van der Waals surface area contributed by atoms with Crippen LogP contribution in [-0.4, -0.2) is 38.1 Å². The number of carbonyl (C=O) groups is 1. The van der Waals surface area contributed by atoms with Crippen LogP contribution < -0.4 is 9.47 Å². The topological polar surface area (TPSA) is 38.8 Å². The van der Waals surface area contributed by atoms with Crippen molar-refractivity contribution < 1.29 is 14.3 Å². The predicted octanol–water partition coefficient (Wildman–Crippen LogP) is 2.97. The van der Waals surface area contributed by atoms with Gasteiger partial charge in [0, 0.05) is 13.0 Å². The third-order valence-electron chi connectivity index (χ3n) is 3.47. The molecule has 4 nitrogen and oxygen atoms in total. The van der Waals surface area contributed by atoms with E-state index in [2.05, 4.69) is 0 Å². The van der Waals surface area contributed by atoms with Gasteiger partial charge in [0.1, 0.15) is 18.1 Å². The molecular weight excluding hydrogens is 254 g/mol. The van der Waals surface area contributed by atoms with Crippen LogP contribution in [0, 0.1) is 5.92 Å². The summed E-state index contributed by atoms with van der Waals surface area (Å²) < 4.78 is 10.7. The number of amides is 1. The summed E-state index contributed by atoms with van der Waals surface area (Å²) in [5, 5.41) is 0. The molecule has 1 amide bonds. The zero-order valence-electron chi connectivity index (χ0n) is 12.9. The summed E-state index contributed by atoms with van der Waals surface area (Å²) in [6.07, 6.45) is 1.78. The molecule has 0 spiro atoms. The fourth-order valence-corrected chi connectivity index (χ4v) is 2.03. The Hall–Kier alpha value is -1.71. The minimum Gasteiger partial charge on any atom is -0.497 e. The van der Waals surface area contributed by atoms with Crippen molar-refractivity contribution in [2.75, 3.05) is 27.3 Å². The van der Waals surface area contributed by atoms with Crippen LogP contribution in [0.15, 0.2) is 24.3 Å². The molecule has 0 atom stereocenters. The molecule has 0 saturated heterocycles. The zero-order valence-corrected chi connectivity index (χ0v) is 12.9. The van der Waals surface area contributed by atoms with E-state index in [0.29, 0.717) is 13.2 Å². The summed E-state index contributed by atoms with van der Waals surface area (Å²) in [6, 6.07) is 7.44. The monoisotopic (exact) mass is 279 g/mol. The SMILES string of the molecule is CCC(CC)C(=O)N(C)CCOc1ccc(OC)cc1. The van der Waals surface area contributed by atoms with Crippen molar-refractivity contribution in [3.05, 3.63) is 24.3 Å². The van der Waals surface area contributed by atoms with Crippen molar-refractivity contribution in [2.45, 2.75) is 26.7 Å². The first-order valence-corrected chi connectivity index (χ1v) is 7.14. The first kappa shape index (κ1) is 16.3. The van der Waals surface area contributed by atoms with Crippen molar-refractivity contribution in [1.29, 1.82) is 0 Å². The van der Waals surface area contributed by atoms with E-state index in [4.69, 9.17) is 9.47 Å². The van der Waals surface area contributed by atoms with E-state index in [0.717, 1.165) is 24.3 Å². The van der Waals surface area contributed by atoms with Crippen molar-refractivity contribution in [1.82, 2.24) is 4.90 Å². The lowest BCUT2D eigenvalue weighted by molar-refractivity contribution is -0.134. The van der Waals surface area contributed by atoms with Crippen molar-refractivity contribution in [3.63, 3.8) is 0 Å². The largest absolute Gasteiger partial charge is 0.497 e. The third kappa shape index (κ3) is 4.76. The number of hydrogen-bond donors (Lipinski definition) is 0. The fraction of sp³-hybridized carbons (Fsp3) is 0.562. The number of methoxy groups -OCH3 is 1. The molecule has 20 heavy (non-hydrogen) atoms. The molecule has 0 N–H and O–H groups in total. The molecule has 1 rings (SSSR count). The minimum absolute atomic E-state index is 0.126. The molecule has 0 radical (unpaired) electrons. The summed E-state index contributed by atoms with van der Waals surface area (Å²) in [5.41, 5.74) is 0. The summed E-state index contributed by atoms with van der Waals surface area (Å²) in [4.78, 5) is 13.8. The highest BCUT2D eigenvalue weighted by atomic mass is 16.5. The molecule has 4 heteroatoms. The Balaban J connectivity index is 2.37. The average molecular weight is 279 g/mol. The van der Waals surface area contributed by atoms with Gasteiger partial charge in [-0.05, 0) is 37.1 Å². The maximum absolute atomic E-state index is 12.1. The van der Waals surface area contributed by atoms with E-state index in [1.54, 1.807) is 12.0 Å². The third-order valence-corrected chi connectivity index (χ3v) is 3.47. The Morgan fingerprint density at radius 2 is 1.70 bits per heavy atom. The summed E-state index contributed by atoms with van der Waals surface area (Å²) in [7, 11) is 3.46. The van der Waals surface area contributed by atoms with Crippen LogP contribution in [0.2, 0.25) is 0 Å². The van der Waals surface area contributed by atoms with Crippen LogP contribution in [0.1, 0.15) is 26.7 Å². The smallest absolute Gasteiger partial charge is 0.225 e. The highest BCUT2D eigenvalue weighted by molar-refractivity contribution is 5.78. The van der Waals surface area contributed by atoms with E-state index in [1.807, 2.05) is 45.2 Å². The molecule has 0 heterocycles. The van der Waals surface area contributed by atoms with E-state index < -0.39 is 0 Å². The number of nitrogens with zero attached hydrogens (tertiary/aromatic N) is 1. The maximum Gasteiger partial charge on any atom is 0.225 e. The van der Waals surface area contributed by atoms with Gasteiger partial charge in [0.25, 0.3) is 0 Å². The summed E-state index contributed by atoms with van der Waals surface area (Å²) >= 11 is 0. The molecular formula is C16H25NO3. The molecule has 0 aliphatic heterocycles. The van der Waals surface area contributed by atoms with Crippen LogP contribution in [0.4, 0.5) is 0 Å². The molecule has 0 bridgehead atoms. The highest BCUT2D eigenvalue weighted by Gasteiger charge is 2.18. The first-order chi connectivity index (χ1) is 9.62. The molecule has 0 aromatic heterocycles. The van der Waals surface area contributed by atoms with Gasteiger partial charge in [-0.2, -0.15) is 0 Å². The highest BCUT2D eigenvalue weighted by Crippen LogP contribution is 2.17. The maximum atomic E-state index is 12.1. The second kappa shape index (κ2) is 8.46. The van der Waals surface area contributed by atoms with Gasteiger partial charge in [-0.25, -0.2) is 0 Å². The Morgan fingerprint density at radius 1 is 1.15 bits per heavy atom. The van der Waals surface area contributed by atoms with Crippen LogP contribution in [-0.2, 0) is 4.79 Å². The molecule has 0 saturated carbocycles. The lowest BCUT2D eigenvalue weighted by Gasteiger charge is -2.22. The van der Waals surface area contributed by atoms with Gasteiger partial charge in [-0.3, -0.25) is 4.79 Å². The second-order valence-corrected chi connectivity index (χ2v) is 4.80. The van der Waals surface area contributed by atoms with Crippen LogP contribution in [0.25, 0.3) is 0 Å². The van der Waals surface area contributed by atoms with E-state index in [1.165, 1.54) is 0 Å². The van der Waals surface area contributed by atoms with Gasteiger partial charge in [-0.15, -0.1) is 0 Å². The normalized spacial score (nSPS) is 10.4. The van der Waals surface area contributed by atoms with Crippen molar-refractivity contribution >= 4 is 5.91 Å². The molecule has 112 valence electrons. The zero-order chi connectivity index (χ0) is 15.0. The van der Waals surface area contributed by atoms with Crippen molar-refractivity contribution in [3.8, 4) is 11.5 Å². The van der Waals surface area contributed by atoms with Gasteiger partial charge in [0.05, 0.1) is 13.7 Å². The van der Waals surface area contributed by atoms with Gasteiger partial charge in [-0.1, -0.05) is 13.8 Å². The lowest BCUT2D eigenvalue weighted by atomic mass is 10.0. The quantitative estimate of drug-likeness (QED) is 0.734. The fourth-order valence-electron chi connectivity index (χ4n) is 2.03. The Morgan fingerprint density at radius 3 is 2.20 bits per heavy atom. The average Bonchev–Trinajstić information content (AvgIpc) is 2.49. The molecule has 1 aromatic rings. The number of hydrogen-bond acceptors (Lipinski definition) is 3. The molecule has 1 aromatic carbocycles. The van der Waals surface area contributed by atoms with Gasteiger partial charge in [0.15, 0.2) is 0 Å². The number of benzene rings is 1. The predicted molar refractivity (Wildman–Crippen MR) is 80.2 cm³/mol. The first-order valence-electron chi connectivity index (χ1n) is 7.14. The molecule has 0 fully saturated rings. The van der Waals surface area contributed by atoms with Gasteiger partial charge < -0.3 is 14.4 Å². The van der Waals surface area contributed by atoms with E-state index in [9.17, 15) is 4.79 Å². The number of likely N-dealkylation sites (N-methyl/N-ethyl adjacent to an activating group) is 1. The summed E-state index contributed by atoms with van der Waals surface area (Å²) in [6.45, 7) is 5.19. The molecule has 0 unspecified atom stereocenters. The van der Waals surface area contributed by atoms with Gasteiger partial charge >= 0.3 is 0 Å². The lowest BCUT2D eigenvalue weighted by Crippen LogP contribution is -2.35. The van der Waals surface area contributed by atoms with Crippen LogP contribution in [0.5, 0.6) is 11.5 Å². The minimum atomic E-state index is 0.126. The van der Waals surface area contributed by atoms with E-state index >= 15 is 0 Å². The van der Waals surface area contributed by atoms with Crippen molar-refractivity contribution in [2.24, 2.45) is 5.92 Å². The van der Waals surface area contributed by atoms with E-state index in [-0.39, 0.29) is 11.8 Å². The number of ether oxygens (including phenoxy) is 2.